The van der Waals surface area contributed by atoms with Crippen LogP contribution in [0.2, 0.25) is 5.02 Å². The molecule has 0 radical (unpaired) electrons. The van der Waals surface area contributed by atoms with Crippen molar-refractivity contribution in [2.24, 2.45) is 5.73 Å². The first kappa shape index (κ1) is 12.8. The largest absolute Gasteiger partial charge is 0.372 e. The van der Waals surface area contributed by atoms with Gasteiger partial charge in [0, 0.05) is 25.7 Å². The molecule has 0 bridgehead atoms. The fraction of sp³-hybridized carbons (Fsp3) is 0.364. The number of rotatable bonds is 5. The molecular weight excluding hydrogens is 226 g/mol. The quantitative estimate of drug-likeness (QED) is 0.812. The van der Waals surface area contributed by atoms with Crippen LogP contribution in [0.3, 0.4) is 0 Å². The van der Waals surface area contributed by atoms with E-state index in [1.165, 1.54) is 0 Å². The first-order valence-corrected chi connectivity index (χ1v) is 5.39. The van der Waals surface area contributed by atoms with Crippen LogP contribution < -0.4 is 16.0 Å². The van der Waals surface area contributed by atoms with Gasteiger partial charge in [0.2, 0.25) is 5.91 Å². The number of hydrogen-bond donors (Lipinski definition) is 2. The minimum atomic E-state index is -0.466. The second kappa shape index (κ2) is 5.72. The third-order valence-electron chi connectivity index (χ3n) is 2.34. The molecule has 5 heteroatoms. The standard InChI is InChI=1S/C11H16ClN3O/c1-14-5-6-15(2)10-4-3-8(11(13)16)7-9(10)12/h3-4,7,14H,5-6H2,1-2H3,(H2,13,16). The second-order valence-electron chi connectivity index (χ2n) is 3.56. The highest BCUT2D eigenvalue weighted by molar-refractivity contribution is 6.33. The maximum atomic E-state index is 10.9. The Hall–Kier alpha value is -1.26. The Labute approximate surface area is 100 Å². The molecule has 0 atom stereocenters. The third-order valence-corrected chi connectivity index (χ3v) is 2.64. The van der Waals surface area contributed by atoms with E-state index >= 15 is 0 Å². The summed E-state index contributed by atoms with van der Waals surface area (Å²) in [6.45, 7) is 1.70. The van der Waals surface area contributed by atoms with E-state index in [9.17, 15) is 4.79 Å². The van der Waals surface area contributed by atoms with Crippen LogP contribution in [-0.2, 0) is 0 Å². The van der Waals surface area contributed by atoms with Crippen molar-refractivity contribution >= 4 is 23.2 Å². The number of nitrogens with two attached hydrogens (primary N) is 1. The Morgan fingerprint density at radius 1 is 1.56 bits per heavy atom. The molecule has 4 nitrogen and oxygen atoms in total. The van der Waals surface area contributed by atoms with E-state index in [2.05, 4.69) is 5.32 Å². The van der Waals surface area contributed by atoms with Gasteiger partial charge in [-0.3, -0.25) is 4.79 Å². The topological polar surface area (TPSA) is 58.4 Å². The summed E-state index contributed by atoms with van der Waals surface area (Å²) < 4.78 is 0. The molecule has 0 fully saturated rings. The number of nitrogens with zero attached hydrogens (tertiary/aromatic N) is 1. The average Bonchev–Trinajstić information content (AvgIpc) is 2.25. The lowest BCUT2D eigenvalue weighted by molar-refractivity contribution is 0.100. The van der Waals surface area contributed by atoms with Gasteiger partial charge in [0.15, 0.2) is 0 Å². The maximum absolute atomic E-state index is 10.9. The van der Waals surface area contributed by atoms with E-state index in [1.54, 1.807) is 18.2 Å². The normalized spacial score (nSPS) is 10.2. The van der Waals surface area contributed by atoms with Crippen LogP contribution in [0, 0.1) is 0 Å². The van der Waals surface area contributed by atoms with Crippen molar-refractivity contribution in [2.45, 2.75) is 0 Å². The summed E-state index contributed by atoms with van der Waals surface area (Å²) in [5.74, 6) is -0.466. The van der Waals surface area contributed by atoms with Crippen molar-refractivity contribution in [3.8, 4) is 0 Å². The molecule has 1 rings (SSSR count). The van der Waals surface area contributed by atoms with Crippen molar-refractivity contribution in [2.75, 3.05) is 32.1 Å². The van der Waals surface area contributed by atoms with Crippen LogP contribution in [-0.4, -0.2) is 33.1 Å². The summed E-state index contributed by atoms with van der Waals surface area (Å²) in [6, 6.07) is 5.08. The molecule has 0 aliphatic rings. The summed E-state index contributed by atoms with van der Waals surface area (Å²) in [6.07, 6.45) is 0. The number of anilines is 1. The Morgan fingerprint density at radius 3 is 2.75 bits per heavy atom. The number of hydrogen-bond acceptors (Lipinski definition) is 3. The molecule has 0 saturated heterocycles. The van der Waals surface area contributed by atoms with Gasteiger partial charge in [-0.25, -0.2) is 0 Å². The highest BCUT2D eigenvalue weighted by atomic mass is 35.5. The second-order valence-corrected chi connectivity index (χ2v) is 3.96. The molecule has 16 heavy (non-hydrogen) atoms. The SMILES string of the molecule is CNCCN(C)c1ccc(C(N)=O)cc1Cl. The van der Waals surface area contributed by atoms with Crippen LogP contribution >= 0.6 is 11.6 Å². The van der Waals surface area contributed by atoms with Crippen LogP contribution in [0.25, 0.3) is 0 Å². The van der Waals surface area contributed by atoms with Crippen LogP contribution in [0.5, 0.6) is 0 Å². The summed E-state index contributed by atoms with van der Waals surface area (Å²) >= 11 is 6.08. The zero-order valence-corrected chi connectivity index (χ0v) is 10.2. The van der Waals surface area contributed by atoms with E-state index in [0.29, 0.717) is 10.6 Å². The Bertz CT molecular complexity index is 381. The molecule has 0 aromatic heterocycles. The lowest BCUT2D eigenvalue weighted by atomic mass is 10.2. The molecule has 0 aliphatic heterocycles. The first-order valence-electron chi connectivity index (χ1n) is 5.01. The first-order chi connectivity index (χ1) is 7.56. The fourth-order valence-electron chi connectivity index (χ4n) is 1.37. The lowest BCUT2D eigenvalue weighted by Crippen LogP contribution is -2.27. The van der Waals surface area contributed by atoms with Crippen molar-refractivity contribution in [1.29, 1.82) is 0 Å². The van der Waals surface area contributed by atoms with Crippen LogP contribution in [0.1, 0.15) is 10.4 Å². The van der Waals surface area contributed by atoms with Gasteiger partial charge in [0.1, 0.15) is 0 Å². The molecular formula is C11H16ClN3O. The van der Waals surface area contributed by atoms with Gasteiger partial charge in [-0.1, -0.05) is 11.6 Å². The molecule has 3 N–H and O–H groups in total. The van der Waals surface area contributed by atoms with E-state index in [-0.39, 0.29) is 0 Å². The summed E-state index contributed by atoms with van der Waals surface area (Å²) in [4.78, 5) is 13.0. The Balaban J connectivity index is 2.85. The summed E-state index contributed by atoms with van der Waals surface area (Å²) in [7, 11) is 3.84. The van der Waals surface area contributed by atoms with Gasteiger partial charge >= 0.3 is 0 Å². The highest BCUT2D eigenvalue weighted by Crippen LogP contribution is 2.25. The van der Waals surface area contributed by atoms with Crippen LogP contribution in [0.15, 0.2) is 18.2 Å². The van der Waals surface area contributed by atoms with Crippen molar-refractivity contribution in [3.05, 3.63) is 28.8 Å². The predicted octanol–water partition coefficient (Wildman–Crippen LogP) is 1.09. The zero-order valence-electron chi connectivity index (χ0n) is 9.46. The number of likely N-dealkylation sites (N-methyl/N-ethyl adjacent to an activating group) is 2. The van der Waals surface area contributed by atoms with Gasteiger partial charge in [-0.2, -0.15) is 0 Å². The Morgan fingerprint density at radius 2 is 2.25 bits per heavy atom. The number of amides is 1. The van der Waals surface area contributed by atoms with Crippen molar-refractivity contribution in [3.63, 3.8) is 0 Å². The van der Waals surface area contributed by atoms with Crippen molar-refractivity contribution < 1.29 is 4.79 Å². The molecule has 1 aromatic carbocycles. The number of benzene rings is 1. The minimum absolute atomic E-state index is 0.427. The summed E-state index contributed by atoms with van der Waals surface area (Å²) in [5, 5.41) is 3.60. The minimum Gasteiger partial charge on any atom is -0.372 e. The van der Waals surface area contributed by atoms with Gasteiger partial charge in [0.05, 0.1) is 10.7 Å². The fourth-order valence-corrected chi connectivity index (χ4v) is 1.69. The third kappa shape index (κ3) is 3.12. The molecule has 0 unspecified atom stereocenters. The average molecular weight is 242 g/mol. The number of primary amides is 1. The molecule has 1 aromatic rings. The smallest absolute Gasteiger partial charge is 0.248 e. The van der Waals surface area contributed by atoms with E-state index in [4.69, 9.17) is 17.3 Å². The van der Waals surface area contributed by atoms with E-state index in [0.717, 1.165) is 18.8 Å². The monoisotopic (exact) mass is 241 g/mol. The number of halogens is 1. The van der Waals surface area contributed by atoms with Gasteiger partial charge in [0.25, 0.3) is 0 Å². The highest BCUT2D eigenvalue weighted by Gasteiger charge is 2.08. The molecule has 0 spiro atoms. The van der Waals surface area contributed by atoms with Crippen molar-refractivity contribution in [1.82, 2.24) is 5.32 Å². The predicted molar refractivity (Wildman–Crippen MR) is 67.2 cm³/mol. The van der Waals surface area contributed by atoms with Gasteiger partial charge < -0.3 is 16.0 Å². The van der Waals surface area contributed by atoms with E-state index in [1.807, 2.05) is 19.0 Å². The molecule has 0 saturated carbocycles. The summed E-state index contributed by atoms with van der Waals surface area (Å²) in [5.41, 5.74) is 6.49. The molecule has 0 aliphatic carbocycles. The molecule has 1 amide bonds. The lowest BCUT2D eigenvalue weighted by Gasteiger charge is -2.20. The zero-order chi connectivity index (χ0) is 12.1. The van der Waals surface area contributed by atoms with E-state index < -0.39 is 5.91 Å². The maximum Gasteiger partial charge on any atom is 0.248 e. The number of carbonyl (C=O) groups is 1. The number of carbonyl (C=O) groups excluding carboxylic acids is 1. The van der Waals surface area contributed by atoms with Crippen LogP contribution in [0.4, 0.5) is 5.69 Å². The van der Waals surface area contributed by atoms with Gasteiger partial charge in [-0.05, 0) is 25.2 Å². The van der Waals surface area contributed by atoms with Gasteiger partial charge in [-0.15, -0.1) is 0 Å². The number of nitrogens with one attached hydrogen (secondary N) is 1. The molecule has 88 valence electrons. The Kier molecular flexibility index (Phi) is 4.58. The molecule has 0 heterocycles.